The predicted molar refractivity (Wildman–Crippen MR) is 79.1 cm³/mol. The summed E-state index contributed by atoms with van der Waals surface area (Å²) in [6.07, 6.45) is 2.05. The van der Waals surface area contributed by atoms with Crippen LogP contribution >= 0.6 is 0 Å². The predicted octanol–water partition coefficient (Wildman–Crippen LogP) is 2.40. The van der Waals surface area contributed by atoms with Crippen molar-refractivity contribution in [2.24, 2.45) is 0 Å². The molecule has 3 nitrogen and oxygen atoms in total. The number of hydrogen-bond acceptors (Lipinski definition) is 2. The van der Waals surface area contributed by atoms with Gasteiger partial charge in [-0.25, -0.2) is 0 Å². The second-order valence-corrected chi connectivity index (χ2v) is 5.21. The Labute approximate surface area is 114 Å². The summed E-state index contributed by atoms with van der Waals surface area (Å²) in [5, 5.41) is 3.40. The van der Waals surface area contributed by atoms with Crippen LogP contribution in [0.1, 0.15) is 11.3 Å². The van der Waals surface area contributed by atoms with Gasteiger partial charge in [-0.3, -0.25) is 4.90 Å². The third-order valence-corrected chi connectivity index (χ3v) is 3.86. The lowest BCUT2D eigenvalue weighted by atomic mass is 10.0. The van der Waals surface area contributed by atoms with Crippen LogP contribution in [0.4, 0.5) is 0 Å². The van der Waals surface area contributed by atoms with E-state index in [1.54, 1.807) is 0 Å². The van der Waals surface area contributed by atoms with Gasteiger partial charge in [0.2, 0.25) is 0 Å². The average molecular weight is 255 g/mol. The van der Waals surface area contributed by atoms with Crippen molar-refractivity contribution < 1.29 is 0 Å². The highest BCUT2D eigenvalue weighted by molar-refractivity contribution is 5.69. The normalized spacial score (nSPS) is 16.7. The van der Waals surface area contributed by atoms with Gasteiger partial charge < -0.3 is 10.3 Å². The summed E-state index contributed by atoms with van der Waals surface area (Å²) in [5.41, 5.74) is 5.35. The number of H-pyrrole nitrogens is 1. The van der Waals surface area contributed by atoms with Crippen LogP contribution in [0.15, 0.2) is 36.5 Å². The molecule has 0 saturated carbocycles. The lowest BCUT2D eigenvalue weighted by molar-refractivity contribution is 0.231. The number of hydrogen-bond donors (Lipinski definition) is 2. The maximum absolute atomic E-state index is 3.42. The maximum atomic E-state index is 3.42. The fraction of sp³-hybridized carbons (Fsp3) is 0.375. The van der Waals surface area contributed by atoms with E-state index >= 15 is 0 Å². The van der Waals surface area contributed by atoms with Crippen molar-refractivity contribution >= 4 is 0 Å². The molecular formula is C16H21N3. The zero-order chi connectivity index (χ0) is 13.1. The number of nitrogens with one attached hydrogen (secondary N) is 2. The minimum Gasteiger partial charge on any atom is -0.363 e. The molecule has 0 amide bonds. The van der Waals surface area contributed by atoms with Crippen molar-refractivity contribution in [3.05, 3.63) is 47.8 Å². The number of aromatic amines is 1. The summed E-state index contributed by atoms with van der Waals surface area (Å²) in [4.78, 5) is 5.92. The molecule has 2 heterocycles. The summed E-state index contributed by atoms with van der Waals surface area (Å²) in [7, 11) is 0. The standard InChI is InChI=1S/C16H21N3/c1-13-4-2-3-5-14(13)15-6-7-18-16(15)12-19-10-8-17-9-11-19/h2-7,17-18H,8-12H2,1H3. The van der Waals surface area contributed by atoms with Crippen LogP contribution in [0.3, 0.4) is 0 Å². The zero-order valence-electron chi connectivity index (χ0n) is 11.4. The molecule has 100 valence electrons. The first kappa shape index (κ1) is 12.5. The minimum atomic E-state index is 1.01. The van der Waals surface area contributed by atoms with E-state index in [9.17, 15) is 0 Å². The van der Waals surface area contributed by atoms with E-state index in [4.69, 9.17) is 0 Å². The second-order valence-electron chi connectivity index (χ2n) is 5.21. The number of piperazine rings is 1. The molecule has 1 aromatic carbocycles. The topological polar surface area (TPSA) is 31.1 Å². The van der Waals surface area contributed by atoms with Crippen molar-refractivity contribution in [3.8, 4) is 11.1 Å². The van der Waals surface area contributed by atoms with Gasteiger partial charge in [-0.1, -0.05) is 24.3 Å². The van der Waals surface area contributed by atoms with E-state index in [1.807, 2.05) is 0 Å². The number of rotatable bonds is 3. The molecule has 1 saturated heterocycles. The highest BCUT2D eigenvalue weighted by atomic mass is 15.2. The molecule has 1 fully saturated rings. The van der Waals surface area contributed by atoms with Crippen molar-refractivity contribution in [1.82, 2.24) is 15.2 Å². The van der Waals surface area contributed by atoms with Crippen LogP contribution in [0.25, 0.3) is 11.1 Å². The molecule has 3 rings (SSSR count). The molecule has 0 spiro atoms. The van der Waals surface area contributed by atoms with Gasteiger partial charge in [0.15, 0.2) is 0 Å². The fourth-order valence-corrected chi connectivity index (χ4v) is 2.76. The first-order valence-corrected chi connectivity index (χ1v) is 7.00. The Morgan fingerprint density at radius 1 is 1.05 bits per heavy atom. The van der Waals surface area contributed by atoms with E-state index < -0.39 is 0 Å². The Morgan fingerprint density at radius 3 is 2.63 bits per heavy atom. The molecule has 0 bridgehead atoms. The summed E-state index contributed by atoms with van der Waals surface area (Å²) < 4.78 is 0. The van der Waals surface area contributed by atoms with Crippen LogP contribution in [0.5, 0.6) is 0 Å². The average Bonchev–Trinajstić information content (AvgIpc) is 2.88. The highest BCUT2D eigenvalue weighted by Crippen LogP contribution is 2.27. The van der Waals surface area contributed by atoms with Crippen molar-refractivity contribution in [2.45, 2.75) is 13.5 Å². The smallest absolute Gasteiger partial charge is 0.0392 e. The van der Waals surface area contributed by atoms with Gasteiger partial charge in [0.25, 0.3) is 0 Å². The molecule has 1 aliphatic rings. The van der Waals surface area contributed by atoms with E-state index in [-0.39, 0.29) is 0 Å². The quantitative estimate of drug-likeness (QED) is 0.882. The van der Waals surface area contributed by atoms with Crippen LogP contribution < -0.4 is 5.32 Å². The van der Waals surface area contributed by atoms with Crippen molar-refractivity contribution in [1.29, 1.82) is 0 Å². The van der Waals surface area contributed by atoms with E-state index in [0.29, 0.717) is 0 Å². The maximum Gasteiger partial charge on any atom is 0.0392 e. The Morgan fingerprint density at radius 2 is 1.84 bits per heavy atom. The summed E-state index contributed by atoms with van der Waals surface area (Å²) in [5.74, 6) is 0. The number of benzene rings is 1. The van der Waals surface area contributed by atoms with Crippen LogP contribution in [-0.4, -0.2) is 36.1 Å². The Balaban J connectivity index is 1.84. The fourth-order valence-electron chi connectivity index (χ4n) is 2.76. The SMILES string of the molecule is Cc1ccccc1-c1cc[nH]c1CN1CCNCC1. The third kappa shape index (κ3) is 2.72. The molecule has 0 aliphatic carbocycles. The van der Waals surface area contributed by atoms with Gasteiger partial charge in [-0.2, -0.15) is 0 Å². The van der Waals surface area contributed by atoms with Crippen molar-refractivity contribution in [3.63, 3.8) is 0 Å². The molecular weight excluding hydrogens is 234 g/mol. The van der Waals surface area contributed by atoms with Crippen LogP contribution in [-0.2, 0) is 6.54 Å². The first-order valence-electron chi connectivity index (χ1n) is 7.00. The molecule has 1 aliphatic heterocycles. The summed E-state index contributed by atoms with van der Waals surface area (Å²) in [6.45, 7) is 7.65. The highest BCUT2D eigenvalue weighted by Gasteiger charge is 2.14. The molecule has 3 heteroatoms. The molecule has 0 unspecified atom stereocenters. The van der Waals surface area contributed by atoms with Gasteiger partial charge in [0, 0.05) is 50.2 Å². The Bertz CT molecular complexity index is 538. The Kier molecular flexibility index (Phi) is 3.67. The molecule has 2 aromatic rings. The monoisotopic (exact) mass is 255 g/mol. The molecule has 1 aromatic heterocycles. The van der Waals surface area contributed by atoms with E-state index in [0.717, 1.165) is 32.7 Å². The third-order valence-electron chi connectivity index (χ3n) is 3.86. The van der Waals surface area contributed by atoms with E-state index in [1.165, 1.54) is 22.4 Å². The largest absolute Gasteiger partial charge is 0.363 e. The number of aromatic nitrogens is 1. The minimum absolute atomic E-state index is 1.01. The van der Waals surface area contributed by atoms with Gasteiger partial charge in [0.05, 0.1) is 0 Å². The first-order chi connectivity index (χ1) is 9.34. The second kappa shape index (κ2) is 5.59. The number of aryl methyl sites for hydroxylation is 1. The molecule has 19 heavy (non-hydrogen) atoms. The summed E-state index contributed by atoms with van der Waals surface area (Å²) in [6, 6.07) is 10.8. The molecule has 0 radical (unpaired) electrons. The van der Waals surface area contributed by atoms with Gasteiger partial charge in [-0.15, -0.1) is 0 Å². The van der Waals surface area contributed by atoms with Crippen molar-refractivity contribution in [2.75, 3.05) is 26.2 Å². The lowest BCUT2D eigenvalue weighted by Gasteiger charge is -2.27. The van der Waals surface area contributed by atoms with Crippen LogP contribution in [0, 0.1) is 6.92 Å². The molecule has 2 N–H and O–H groups in total. The van der Waals surface area contributed by atoms with Crippen LogP contribution in [0.2, 0.25) is 0 Å². The number of nitrogens with zero attached hydrogens (tertiary/aromatic N) is 1. The van der Waals surface area contributed by atoms with Gasteiger partial charge in [-0.05, 0) is 24.1 Å². The zero-order valence-corrected chi connectivity index (χ0v) is 11.4. The van der Waals surface area contributed by atoms with Gasteiger partial charge >= 0.3 is 0 Å². The Hall–Kier alpha value is -1.58. The molecule has 0 atom stereocenters. The van der Waals surface area contributed by atoms with Gasteiger partial charge in [0.1, 0.15) is 0 Å². The lowest BCUT2D eigenvalue weighted by Crippen LogP contribution is -2.43. The van der Waals surface area contributed by atoms with E-state index in [2.05, 4.69) is 58.7 Å². The summed E-state index contributed by atoms with van der Waals surface area (Å²) >= 11 is 0.